The highest BCUT2D eigenvalue weighted by Crippen LogP contribution is 2.47. The highest BCUT2D eigenvalue weighted by molar-refractivity contribution is 6.30. The molecule has 9 atom stereocenters. The van der Waals surface area contributed by atoms with E-state index in [1.54, 1.807) is 33.8 Å². The van der Waals surface area contributed by atoms with Gasteiger partial charge in [-0.1, -0.05) is 45.9 Å². The maximum atomic E-state index is 13.7. The fourth-order valence-electron chi connectivity index (χ4n) is 5.95. The first-order valence-electron chi connectivity index (χ1n) is 15.1. The van der Waals surface area contributed by atoms with Crippen molar-refractivity contribution in [2.45, 2.75) is 78.7 Å². The summed E-state index contributed by atoms with van der Waals surface area (Å²) < 4.78 is 11.4. The minimum atomic E-state index is -2.05. The molecule has 0 saturated carbocycles. The van der Waals surface area contributed by atoms with E-state index in [0.717, 1.165) is 12.3 Å². The molecular formula is C34H41NO11. The van der Waals surface area contributed by atoms with Crippen LogP contribution in [0.3, 0.4) is 0 Å². The Morgan fingerprint density at radius 2 is 1.43 bits per heavy atom. The van der Waals surface area contributed by atoms with Crippen molar-refractivity contribution in [2.75, 3.05) is 0 Å². The lowest BCUT2D eigenvalue weighted by Gasteiger charge is -2.35. The number of hydrogen-bond donors (Lipinski definition) is 6. The fraction of sp³-hybridized carbons (Fsp3) is 0.471. The zero-order valence-corrected chi connectivity index (χ0v) is 26.8. The minimum Gasteiger partial charge on any atom is -0.507 e. The van der Waals surface area contributed by atoms with Crippen LogP contribution in [0.5, 0.6) is 11.5 Å². The number of phenols is 1. The van der Waals surface area contributed by atoms with Crippen molar-refractivity contribution in [3.8, 4) is 11.5 Å². The highest BCUT2D eigenvalue weighted by atomic mass is 16.7. The molecule has 3 aliphatic heterocycles. The number of rotatable bonds is 0. The molecule has 3 heterocycles. The Kier molecular flexibility index (Phi) is 9.79. The molecular weight excluding hydrogens is 598 g/mol. The molecule has 1 aromatic carbocycles. The van der Waals surface area contributed by atoms with E-state index in [4.69, 9.17) is 9.47 Å². The van der Waals surface area contributed by atoms with E-state index in [9.17, 15) is 44.7 Å². The van der Waals surface area contributed by atoms with Crippen LogP contribution in [0.2, 0.25) is 0 Å². The topological polar surface area (TPSA) is 200 Å². The van der Waals surface area contributed by atoms with Crippen molar-refractivity contribution in [1.29, 1.82) is 0 Å². The quantitative estimate of drug-likeness (QED) is 0.244. The molecule has 0 fully saturated rings. The van der Waals surface area contributed by atoms with E-state index >= 15 is 0 Å². The van der Waals surface area contributed by atoms with E-state index in [1.165, 1.54) is 39.0 Å². The molecule has 12 heteroatoms. The van der Waals surface area contributed by atoms with Crippen LogP contribution in [-0.2, 0) is 9.53 Å². The van der Waals surface area contributed by atoms with Gasteiger partial charge in [0.1, 0.15) is 11.5 Å². The number of Topliss-reactive ketones (excluding diaryl/α,β-unsaturated/α-hetero) is 2. The Labute approximate surface area is 266 Å². The third kappa shape index (κ3) is 6.05. The number of aromatic hydroxyl groups is 1. The monoisotopic (exact) mass is 639 g/mol. The summed E-state index contributed by atoms with van der Waals surface area (Å²) in [5, 5.41) is 57.1. The van der Waals surface area contributed by atoms with Crippen LogP contribution >= 0.6 is 0 Å². The summed E-state index contributed by atoms with van der Waals surface area (Å²) in [5.41, 5.74) is -1.38. The summed E-state index contributed by atoms with van der Waals surface area (Å²) in [7, 11) is 0. The van der Waals surface area contributed by atoms with E-state index in [0.29, 0.717) is 0 Å². The lowest BCUT2D eigenvalue weighted by Crippen LogP contribution is -2.44. The van der Waals surface area contributed by atoms with Crippen LogP contribution in [0.25, 0.3) is 0 Å². The zero-order valence-electron chi connectivity index (χ0n) is 26.8. The largest absolute Gasteiger partial charge is 0.507 e. The van der Waals surface area contributed by atoms with Crippen molar-refractivity contribution >= 4 is 23.3 Å². The summed E-state index contributed by atoms with van der Waals surface area (Å²) in [5.74, 6) is -8.82. The number of carbonyl (C=O) groups excluding carboxylic acids is 4. The number of phenolic OH excluding ortho intramolecular Hbond substituents is 1. The van der Waals surface area contributed by atoms with E-state index in [2.05, 4.69) is 5.32 Å². The Morgan fingerprint density at radius 1 is 0.826 bits per heavy atom. The normalized spacial score (nSPS) is 36.6. The van der Waals surface area contributed by atoms with Crippen LogP contribution in [-0.4, -0.2) is 79.0 Å². The fourth-order valence-corrected chi connectivity index (χ4v) is 5.95. The predicted molar refractivity (Wildman–Crippen MR) is 165 cm³/mol. The number of aliphatic hydroxyl groups is 4. The average molecular weight is 640 g/mol. The number of amides is 1. The Balaban J connectivity index is 1.79. The molecule has 0 spiro atoms. The summed E-state index contributed by atoms with van der Waals surface area (Å²) in [6.07, 6.45) is 2.96. The van der Waals surface area contributed by atoms with Crippen LogP contribution < -0.4 is 10.1 Å². The third-order valence-electron chi connectivity index (χ3n) is 9.30. The van der Waals surface area contributed by atoms with Gasteiger partial charge in [0.15, 0.2) is 5.78 Å². The smallest absolute Gasteiger partial charge is 0.312 e. The molecule has 6 N–H and O–H groups in total. The molecule has 4 aliphatic rings. The average Bonchev–Trinajstić information content (AvgIpc) is 3.28. The summed E-state index contributed by atoms with van der Waals surface area (Å²) >= 11 is 0. The Bertz CT molecular complexity index is 1590. The van der Waals surface area contributed by atoms with Crippen LogP contribution in [0.4, 0.5) is 0 Å². The molecule has 0 unspecified atom stereocenters. The number of allylic oxidation sites excluding steroid dienone is 4. The van der Waals surface area contributed by atoms with Gasteiger partial charge in [-0.25, -0.2) is 0 Å². The molecule has 5 bridgehead atoms. The lowest BCUT2D eigenvalue weighted by atomic mass is 9.78. The van der Waals surface area contributed by atoms with E-state index in [1.807, 2.05) is 0 Å². The van der Waals surface area contributed by atoms with Crippen LogP contribution in [0, 0.1) is 30.6 Å². The van der Waals surface area contributed by atoms with Gasteiger partial charge in [0.05, 0.1) is 53.1 Å². The SMILES string of the molecule is C/C1=C/C=C\[C@H](C)[C@H](O)[C@@H](C)[C@@H](O)[C@@H](C)[C@H](O)[C@H](C)[C@@H](O)/C=C\O[C@@]2(C)Oc3c(C)c(O)c4c(c3C2=O)C(=O)C=C(NC1=O)C4=O. The predicted octanol–water partition coefficient (Wildman–Crippen LogP) is 2.41. The molecule has 46 heavy (non-hydrogen) atoms. The van der Waals surface area contributed by atoms with Crippen molar-refractivity contribution < 1.29 is 54.2 Å². The Hall–Kier alpha value is -4.10. The second-order valence-corrected chi connectivity index (χ2v) is 12.6. The standard InChI is InChI=1S/C34H41NO11/c1-14-9-8-10-15(2)33(44)35-20-13-22(37)23-24(30(20)42)29(41)19(6)31-25(23)32(43)34(7,46-31)45-12-11-21(36)16(3)27(39)18(5)28(40)17(4)26(14)38/h8-14,16-18,21,26-28,36,38-41H,1-7H3,(H,35,44)/b9-8-,12-11-,15-10-/t14-,16+,17+,18-,21-,26-,27+,28+,34-/m0/s1. The molecule has 0 radical (unpaired) electrons. The number of nitrogens with one attached hydrogen (secondary N) is 1. The molecule has 12 nitrogen and oxygen atoms in total. The lowest BCUT2D eigenvalue weighted by molar-refractivity contribution is -0.116. The van der Waals surface area contributed by atoms with Gasteiger partial charge in [-0.2, -0.15) is 0 Å². The third-order valence-corrected chi connectivity index (χ3v) is 9.30. The summed E-state index contributed by atoms with van der Waals surface area (Å²) in [6, 6.07) is 0. The van der Waals surface area contributed by atoms with Crippen LogP contribution in [0.15, 0.2) is 47.9 Å². The highest BCUT2D eigenvalue weighted by Gasteiger charge is 2.51. The van der Waals surface area contributed by atoms with Gasteiger partial charge in [-0.3, -0.25) is 19.2 Å². The molecule has 5 rings (SSSR count). The zero-order chi connectivity index (χ0) is 34.4. The maximum absolute atomic E-state index is 13.7. The number of carbonyl (C=O) groups is 4. The van der Waals surface area contributed by atoms with Gasteiger partial charge in [0, 0.05) is 47.8 Å². The van der Waals surface area contributed by atoms with Gasteiger partial charge in [0.25, 0.3) is 11.7 Å². The van der Waals surface area contributed by atoms with E-state index < -0.39 is 99.7 Å². The van der Waals surface area contributed by atoms with Crippen molar-refractivity contribution in [3.05, 3.63) is 70.2 Å². The number of ketones is 3. The molecule has 0 saturated heterocycles. The summed E-state index contributed by atoms with van der Waals surface area (Å²) in [4.78, 5) is 53.5. The number of benzene rings is 1. The van der Waals surface area contributed by atoms with Crippen molar-refractivity contribution in [2.24, 2.45) is 23.7 Å². The van der Waals surface area contributed by atoms with Crippen LogP contribution in [0.1, 0.15) is 78.2 Å². The summed E-state index contributed by atoms with van der Waals surface area (Å²) in [6.45, 7) is 10.6. The molecule has 1 aliphatic carbocycles. The van der Waals surface area contributed by atoms with Gasteiger partial charge >= 0.3 is 5.79 Å². The molecule has 1 aromatic rings. The number of ether oxygens (including phenoxy) is 2. The van der Waals surface area contributed by atoms with Crippen molar-refractivity contribution in [1.82, 2.24) is 5.32 Å². The number of fused-ring (bicyclic) bond motifs is 14. The van der Waals surface area contributed by atoms with Gasteiger partial charge in [-0.15, -0.1) is 0 Å². The van der Waals surface area contributed by atoms with Gasteiger partial charge in [-0.05, 0) is 19.9 Å². The minimum absolute atomic E-state index is 0.00581. The first-order valence-corrected chi connectivity index (χ1v) is 15.1. The second-order valence-electron chi connectivity index (χ2n) is 12.6. The number of aliphatic hydroxyl groups excluding tert-OH is 4. The Morgan fingerprint density at radius 3 is 2.09 bits per heavy atom. The molecule has 1 amide bonds. The van der Waals surface area contributed by atoms with Crippen molar-refractivity contribution in [3.63, 3.8) is 0 Å². The van der Waals surface area contributed by atoms with Gasteiger partial charge in [0.2, 0.25) is 5.78 Å². The number of hydrogen-bond acceptors (Lipinski definition) is 11. The maximum Gasteiger partial charge on any atom is 0.312 e. The molecule has 0 aromatic heterocycles. The van der Waals surface area contributed by atoms with Gasteiger partial charge < -0.3 is 40.3 Å². The molecule has 248 valence electrons. The second kappa shape index (κ2) is 13.0. The van der Waals surface area contributed by atoms with E-state index in [-0.39, 0.29) is 22.4 Å². The first-order chi connectivity index (χ1) is 21.4. The first kappa shape index (κ1) is 34.8.